The summed E-state index contributed by atoms with van der Waals surface area (Å²) >= 11 is 1.43. The highest BCUT2D eigenvalue weighted by molar-refractivity contribution is 7.16. The van der Waals surface area contributed by atoms with E-state index in [0.717, 1.165) is 11.3 Å². The van der Waals surface area contributed by atoms with Gasteiger partial charge in [-0.1, -0.05) is 6.92 Å². The van der Waals surface area contributed by atoms with E-state index in [-0.39, 0.29) is 5.78 Å². The average molecular weight is 321 g/mol. The Bertz CT molecular complexity index is 668. The van der Waals surface area contributed by atoms with E-state index in [2.05, 4.69) is 0 Å². The zero-order chi connectivity index (χ0) is 16.3. The van der Waals surface area contributed by atoms with Gasteiger partial charge in [0.05, 0.1) is 31.9 Å². The Labute approximate surface area is 133 Å². The fourth-order valence-corrected chi connectivity index (χ4v) is 3.04. The Morgan fingerprint density at radius 3 is 2.09 bits per heavy atom. The number of hydrogen-bond donors (Lipinski definition) is 1. The molecule has 0 atom stereocenters. The van der Waals surface area contributed by atoms with Crippen molar-refractivity contribution in [3.63, 3.8) is 0 Å². The maximum absolute atomic E-state index is 12.7. The first kappa shape index (κ1) is 16.2. The van der Waals surface area contributed by atoms with Crippen LogP contribution in [0.5, 0.6) is 17.2 Å². The summed E-state index contributed by atoms with van der Waals surface area (Å²) in [5.41, 5.74) is 6.92. The summed E-state index contributed by atoms with van der Waals surface area (Å²) in [5.74, 6) is 1.17. The highest BCUT2D eigenvalue weighted by Gasteiger charge is 2.20. The normalized spacial score (nSPS) is 10.4. The van der Waals surface area contributed by atoms with Gasteiger partial charge in [0.25, 0.3) is 0 Å². The van der Waals surface area contributed by atoms with Crippen LogP contribution in [0.3, 0.4) is 0 Å². The van der Waals surface area contributed by atoms with Crippen molar-refractivity contribution in [2.24, 2.45) is 0 Å². The van der Waals surface area contributed by atoms with Crippen LogP contribution >= 0.6 is 11.3 Å². The van der Waals surface area contributed by atoms with Crippen molar-refractivity contribution in [1.29, 1.82) is 0 Å². The molecule has 5 nitrogen and oxygen atoms in total. The number of rotatable bonds is 6. The van der Waals surface area contributed by atoms with Gasteiger partial charge in [0.2, 0.25) is 5.75 Å². The number of carbonyl (C=O) groups is 1. The van der Waals surface area contributed by atoms with Gasteiger partial charge in [0.15, 0.2) is 17.3 Å². The predicted octanol–water partition coefficient (Wildman–Crippen LogP) is 3.15. The van der Waals surface area contributed by atoms with Crippen LogP contribution in [-0.4, -0.2) is 27.1 Å². The second kappa shape index (κ2) is 6.70. The fraction of sp³-hybridized carbons (Fsp3) is 0.312. The number of nitrogen functional groups attached to an aromatic ring is 1. The molecule has 1 heterocycles. The van der Waals surface area contributed by atoms with E-state index in [0.29, 0.717) is 33.4 Å². The summed E-state index contributed by atoms with van der Waals surface area (Å²) in [7, 11) is 4.55. The number of carbonyl (C=O) groups excluding carboxylic acids is 1. The van der Waals surface area contributed by atoms with Crippen molar-refractivity contribution in [2.75, 3.05) is 27.1 Å². The van der Waals surface area contributed by atoms with E-state index >= 15 is 0 Å². The molecular formula is C16H19NO4S. The number of ether oxygens (including phenoxy) is 3. The topological polar surface area (TPSA) is 70.8 Å². The highest BCUT2D eigenvalue weighted by Crippen LogP contribution is 2.39. The summed E-state index contributed by atoms with van der Waals surface area (Å²) in [6, 6.07) is 5.10. The molecule has 2 aromatic rings. The quantitative estimate of drug-likeness (QED) is 0.828. The van der Waals surface area contributed by atoms with Gasteiger partial charge in [-0.3, -0.25) is 4.79 Å². The van der Waals surface area contributed by atoms with E-state index in [9.17, 15) is 4.79 Å². The first-order chi connectivity index (χ1) is 10.5. The van der Waals surface area contributed by atoms with Gasteiger partial charge in [-0.15, -0.1) is 11.3 Å². The molecule has 0 aliphatic rings. The van der Waals surface area contributed by atoms with Crippen LogP contribution in [0.4, 0.5) is 5.00 Å². The van der Waals surface area contributed by atoms with E-state index in [4.69, 9.17) is 19.9 Å². The standard InChI is InChI=1S/C16H19NO4S/c1-5-10-8-11(16(17)22-10)14(18)9-6-12(19-2)15(21-4)13(7-9)20-3/h6-8H,5,17H2,1-4H3. The number of hydrogen-bond acceptors (Lipinski definition) is 6. The lowest BCUT2D eigenvalue weighted by atomic mass is 10.0. The Morgan fingerprint density at radius 1 is 1.09 bits per heavy atom. The van der Waals surface area contributed by atoms with Crippen molar-refractivity contribution >= 4 is 22.1 Å². The van der Waals surface area contributed by atoms with E-state index in [1.54, 1.807) is 12.1 Å². The van der Waals surface area contributed by atoms with E-state index in [1.807, 2.05) is 13.0 Å². The van der Waals surface area contributed by atoms with Gasteiger partial charge >= 0.3 is 0 Å². The first-order valence-electron chi connectivity index (χ1n) is 6.78. The third kappa shape index (κ3) is 2.87. The molecule has 0 spiro atoms. The summed E-state index contributed by atoms with van der Waals surface area (Å²) in [5, 5.41) is 0.524. The molecule has 0 saturated carbocycles. The van der Waals surface area contributed by atoms with Crippen molar-refractivity contribution in [1.82, 2.24) is 0 Å². The average Bonchev–Trinajstić information content (AvgIpc) is 2.93. The summed E-state index contributed by atoms with van der Waals surface area (Å²) < 4.78 is 15.8. The number of aryl methyl sites for hydroxylation is 1. The van der Waals surface area contributed by atoms with Gasteiger partial charge in [-0.05, 0) is 24.6 Å². The van der Waals surface area contributed by atoms with E-state index in [1.165, 1.54) is 32.7 Å². The Morgan fingerprint density at radius 2 is 1.68 bits per heavy atom. The molecule has 0 aliphatic carbocycles. The van der Waals surface area contributed by atoms with Crippen molar-refractivity contribution in [3.05, 3.63) is 34.2 Å². The molecule has 0 aliphatic heterocycles. The lowest BCUT2D eigenvalue weighted by Gasteiger charge is -2.13. The monoisotopic (exact) mass is 321 g/mol. The summed E-state index contributed by atoms with van der Waals surface area (Å²) in [6.07, 6.45) is 0.845. The molecule has 0 bridgehead atoms. The molecule has 0 saturated heterocycles. The Balaban J connectivity index is 2.51. The van der Waals surface area contributed by atoms with Crippen LogP contribution in [0.1, 0.15) is 27.7 Å². The molecule has 22 heavy (non-hydrogen) atoms. The molecule has 2 N–H and O–H groups in total. The minimum Gasteiger partial charge on any atom is -0.493 e. The Hall–Kier alpha value is -2.21. The highest BCUT2D eigenvalue weighted by atomic mass is 32.1. The van der Waals surface area contributed by atoms with Crippen molar-refractivity contribution in [2.45, 2.75) is 13.3 Å². The Kier molecular flexibility index (Phi) is 4.92. The molecule has 0 radical (unpaired) electrons. The zero-order valence-corrected chi connectivity index (χ0v) is 13.9. The lowest BCUT2D eigenvalue weighted by molar-refractivity contribution is 0.103. The lowest BCUT2D eigenvalue weighted by Crippen LogP contribution is -2.05. The largest absolute Gasteiger partial charge is 0.493 e. The second-order valence-electron chi connectivity index (χ2n) is 4.59. The zero-order valence-electron chi connectivity index (χ0n) is 13.1. The van der Waals surface area contributed by atoms with Gasteiger partial charge in [0.1, 0.15) is 0 Å². The van der Waals surface area contributed by atoms with Gasteiger partial charge in [0, 0.05) is 10.4 Å². The first-order valence-corrected chi connectivity index (χ1v) is 7.60. The number of anilines is 1. The number of thiophene rings is 1. The second-order valence-corrected chi connectivity index (χ2v) is 5.76. The minimum atomic E-state index is -0.160. The molecule has 2 rings (SSSR count). The number of methoxy groups -OCH3 is 3. The van der Waals surface area contributed by atoms with Crippen LogP contribution in [0.2, 0.25) is 0 Å². The van der Waals surface area contributed by atoms with Crippen LogP contribution in [0.15, 0.2) is 18.2 Å². The maximum Gasteiger partial charge on any atom is 0.203 e. The fourth-order valence-electron chi connectivity index (χ4n) is 2.18. The predicted molar refractivity (Wildman–Crippen MR) is 87.6 cm³/mol. The molecule has 0 unspecified atom stereocenters. The van der Waals surface area contributed by atoms with Crippen molar-refractivity contribution < 1.29 is 19.0 Å². The number of benzene rings is 1. The van der Waals surface area contributed by atoms with E-state index < -0.39 is 0 Å². The molecule has 1 aromatic heterocycles. The van der Waals surface area contributed by atoms with Crippen LogP contribution in [0, 0.1) is 0 Å². The van der Waals surface area contributed by atoms with Crippen LogP contribution < -0.4 is 19.9 Å². The van der Waals surface area contributed by atoms with Crippen molar-refractivity contribution in [3.8, 4) is 17.2 Å². The third-order valence-corrected chi connectivity index (χ3v) is 4.44. The molecule has 0 amide bonds. The van der Waals surface area contributed by atoms with Crippen LogP contribution in [0.25, 0.3) is 0 Å². The molecule has 0 fully saturated rings. The molecule has 6 heteroatoms. The van der Waals surface area contributed by atoms with Gasteiger partial charge in [-0.2, -0.15) is 0 Å². The number of ketones is 1. The summed E-state index contributed by atoms with van der Waals surface area (Å²) in [4.78, 5) is 13.8. The minimum absolute atomic E-state index is 0.160. The third-order valence-electron chi connectivity index (χ3n) is 3.33. The smallest absolute Gasteiger partial charge is 0.203 e. The molecule has 1 aromatic carbocycles. The summed E-state index contributed by atoms with van der Waals surface area (Å²) in [6.45, 7) is 2.03. The molecular weight excluding hydrogens is 302 g/mol. The van der Waals surface area contributed by atoms with Gasteiger partial charge in [-0.25, -0.2) is 0 Å². The maximum atomic E-state index is 12.7. The molecule has 118 valence electrons. The SMILES string of the molecule is CCc1cc(C(=O)c2cc(OC)c(OC)c(OC)c2)c(N)s1. The number of nitrogens with two attached hydrogens (primary N) is 1. The van der Waals surface area contributed by atoms with Gasteiger partial charge < -0.3 is 19.9 Å². The van der Waals surface area contributed by atoms with Crippen LogP contribution in [-0.2, 0) is 6.42 Å².